The fourth-order valence-electron chi connectivity index (χ4n) is 2.13. The van der Waals surface area contributed by atoms with E-state index in [-0.39, 0.29) is 16.4 Å². The van der Waals surface area contributed by atoms with Crippen molar-refractivity contribution in [3.63, 3.8) is 0 Å². The molecule has 2 rings (SSSR count). The highest BCUT2D eigenvalue weighted by atomic mass is 35.5. The SMILES string of the molecule is CC(C)(C)CC(CN)c1nc2cc(Cl)c(F)cc2o1. The lowest BCUT2D eigenvalue weighted by atomic mass is 9.84. The summed E-state index contributed by atoms with van der Waals surface area (Å²) in [6, 6.07) is 2.74. The van der Waals surface area contributed by atoms with Gasteiger partial charge in [-0.2, -0.15) is 0 Å². The first-order valence-electron chi connectivity index (χ1n) is 6.26. The molecule has 0 bridgehead atoms. The van der Waals surface area contributed by atoms with Crippen molar-refractivity contribution in [3.8, 4) is 0 Å². The first kappa shape index (κ1) is 14.3. The quantitative estimate of drug-likeness (QED) is 0.923. The molecule has 0 fully saturated rings. The molecule has 0 aliphatic heterocycles. The van der Waals surface area contributed by atoms with Gasteiger partial charge in [-0.05, 0) is 17.9 Å². The number of rotatable bonds is 3. The maximum atomic E-state index is 13.4. The lowest BCUT2D eigenvalue weighted by Gasteiger charge is -2.22. The lowest BCUT2D eigenvalue weighted by Crippen LogP contribution is -2.19. The first-order valence-corrected chi connectivity index (χ1v) is 6.63. The first-order chi connectivity index (χ1) is 8.80. The number of hydrogen-bond donors (Lipinski definition) is 1. The second-order valence-corrected chi connectivity index (χ2v) is 6.39. The molecule has 104 valence electrons. The van der Waals surface area contributed by atoms with Crippen LogP contribution in [0.4, 0.5) is 4.39 Å². The fourth-order valence-corrected chi connectivity index (χ4v) is 2.28. The van der Waals surface area contributed by atoms with E-state index >= 15 is 0 Å². The summed E-state index contributed by atoms with van der Waals surface area (Å²) < 4.78 is 19.0. The van der Waals surface area contributed by atoms with E-state index in [1.807, 2.05) is 0 Å². The molecule has 1 unspecified atom stereocenters. The topological polar surface area (TPSA) is 52.0 Å². The summed E-state index contributed by atoms with van der Waals surface area (Å²) in [7, 11) is 0. The van der Waals surface area contributed by atoms with Gasteiger partial charge in [-0.1, -0.05) is 32.4 Å². The van der Waals surface area contributed by atoms with Crippen LogP contribution in [-0.4, -0.2) is 11.5 Å². The molecular weight excluding hydrogens is 267 g/mol. The van der Waals surface area contributed by atoms with Gasteiger partial charge in [-0.25, -0.2) is 9.37 Å². The van der Waals surface area contributed by atoms with Crippen molar-refractivity contribution < 1.29 is 8.81 Å². The van der Waals surface area contributed by atoms with Gasteiger partial charge in [0.2, 0.25) is 0 Å². The van der Waals surface area contributed by atoms with Crippen LogP contribution < -0.4 is 5.73 Å². The third-order valence-electron chi connectivity index (χ3n) is 2.94. The third-order valence-corrected chi connectivity index (χ3v) is 3.23. The van der Waals surface area contributed by atoms with E-state index < -0.39 is 5.82 Å². The summed E-state index contributed by atoms with van der Waals surface area (Å²) >= 11 is 5.74. The largest absolute Gasteiger partial charge is 0.440 e. The highest BCUT2D eigenvalue weighted by Gasteiger charge is 2.23. The van der Waals surface area contributed by atoms with Crippen LogP contribution in [0.5, 0.6) is 0 Å². The number of fused-ring (bicyclic) bond motifs is 1. The molecule has 5 heteroatoms. The maximum Gasteiger partial charge on any atom is 0.199 e. The molecule has 0 radical (unpaired) electrons. The monoisotopic (exact) mass is 284 g/mol. The second kappa shape index (κ2) is 5.10. The number of nitrogens with two attached hydrogens (primary N) is 1. The van der Waals surface area contributed by atoms with Gasteiger partial charge in [-0.3, -0.25) is 0 Å². The molecular formula is C14H18ClFN2O. The highest BCUT2D eigenvalue weighted by molar-refractivity contribution is 6.31. The van der Waals surface area contributed by atoms with Crippen LogP contribution in [0.3, 0.4) is 0 Å². The van der Waals surface area contributed by atoms with Gasteiger partial charge < -0.3 is 10.2 Å². The van der Waals surface area contributed by atoms with Crippen LogP contribution in [-0.2, 0) is 0 Å². The Morgan fingerprint density at radius 2 is 2.11 bits per heavy atom. The zero-order valence-electron chi connectivity index (χ0n) is 11.3. The molecule has 0 saturated heterocycles. The summed E-state index contributed by atoms with van der Waals surface area (Å²) in [5.74, 6) is 0.0697. The molecule has 2 aromatic rings. The molecule has 1 aromatic heterocycles. The zero-order valence-corrected chi connectivity index (χ0v) is 12.1. The summed E-state index contributed by atoms with van der Waals surface area (Å²) in [6.07, 6.45) is 0.854. The van der Waals surface area contributed by atoms with E-state index in [9.17, 15) is 4.39 Å². The van der Waals surface area contributed by atoms with Crippen molar-refractivity contribution in [2.24, 2.45) is 11.1 Å². The molecule has 1 heterocycles. The van der Waals surface area contributed by atoms with Crippen LogP contribution >= 0.6 is 11.6 Å². The number of oxazole rings is 1. The predicted molar refractivity (Wildman–Crippen MR) is 74.8 cm³/mol. The van der Waals surface area contributed by atoms with Crippen LogP contribution in [0.1, 0.15) is 39.0 Å². The Labute approximate surface area is 116 Å². The Bertz CT molecular complexity index is 550. The van der Waals surface area contributed by atoms with Gasteiger partial charge in [0.15, 0.2) is 11.5 Å². The molecule has 0 aliphatic carbocycles. The Morgan fingerprint density at radius 3 is 2.68 bits per heavy atom. The average Bonchev–Trinajstić information content (AvgIpc) is 2.68. The number of hydrogen-bond acceptors (Lipinski definition) is 3. The highest BCUT2D eigenvalue weighted by Crippen LogP contribution is 2.32. The molecule has 0 amide bonds. The van der Waals surface area contributed by atoms with E-state index in [2.05, 4.69) is 25.8 Å². The molecule has 2 N–H and O–H groups in total. The summed E-state index contributed by atoms with van der Waals surface area (Å²) in [6.45, 7) is 6.85. The van der Waals surface area contributed by atoms with Crippen molar-refractivity contribution in [2.75, 3.05) is 6.54 Å². The zero-order chi connectivity index (χ0) is 14.2. The van der Waals surface area contributed by atoms with Crippen LogP contribution in [0, 0.1) is 11.2 Å². The maximum absolute atomic E-state index is 13.4. The van der Waals surface area contributed by atoms with Crippen molar-refractivity contribution in [1.29, 1.82) is 0 Å². The summed E-state index contributed by atoms with van der Waals surface area (Å²) in [4.78, 5) is 4.37. The van der Waals surface area contributed by atoms with Crippen molar-refractivity contribution in [3.05, 3.63) is 28.9 Å². The fraction of sp³-hybridized carbons (Fsp3) is 0.500. The number of nitrogens with zero attached hydrogens (tertiary/aromatic N) is 1. The lowest BCUT2D eigenvalue weighted by molar-refractivity contribution is 0.314. The Morgan fingerprint density at radius 1 is 1.42 bits per heavy atom. The number of halogens is 2. The van der Waals surface area contributed by atoms with Gasteiger partial charge in [-0.15, -0.1) is 0 Å². The van der Waals surface area contributed by atoms with Crippen molar-refractivity contribution >= 4 is 22.7 Å². The van der Waals surface area contributed by atoms with Gasteiger partial charge in [0.25, 0.3) is 0 Å². The normalized spacial score (nSPS) is 14.0. The van der Waals surface area contributed by atoms with E-state index in [0.717, 1.165) is 6.42 Å². The number of aromatic nitrogens is 1. The molecule has 0 spiro atoms. The molecule has 0 saturated carbocycles. The van der Waals surface area contributed by atoms with Gasteiger partial charge in [0.1, 0.15) is 11.3 Å². The molecule has 0 aliphatic rings. The van der Waals surface area contributed by atoms with Gasteiger partial charge in [0.05, 0.1) is 5.02 Å². The number of benzene rings is 1. The minimum Gasteiger partial charge on any atom is -0.440 e. The Kier molecular flexibility index (Phi) is 3.83. The molecule has 19 heavy (non-hydrogen) atoms. The summed E-state index contributed by atoms with van der Waals surface area (Å²) in [5.41, 5.74) is 6.88. The van der Waals surface area contributed by atoms with E-state index in [4.69, 9.17) is 21.8 Å². The minimum absolute atomic E-state index is 0.0224. The molecule has 1 atom stereocenters. The minimum atomic E-state index is -0.503. The predicted octanol–water partition coefficient (Wildman–Crippen LogP) is 4.10. The molecule has 3 nitrogen and oxygen atoms in total. The smallest absolute Gasteiger partial charge is 0.199 e. The average molecular weight is 285 g/mol. The Hall–Kier alpha value is -1.13. The van der Waals surface area contributed by atoms with Crippen LogP contribution in [0.2, 0.25) is 5.02 Å². The summed E-state index contributed by atoms with van der Waals surface area (Å²) in [5, 5.41) is 0.0486. The van der Waals surface area contributed by atoms with Crippen molar-refractivity contribution in [2.45, 2.75) is 33.1 Å². The van der Waals surface area contributed by atoms with Crippen LogP contribution in [0.15, 0.2) is 16.5 Å². The van der Waals surface area contributed by atoms with E-state index in [1.54, 1.807) is 0 Å². The van der Waals surface area contributed by atoms with Gasteiger partial charge in [0, 0.05) is 18.5 Å². The third kappa shape index (κ3) is 3.25. The second-order valence-electron chi connectivity index (χ2n) is 5.98. The molecule has 1 aromatic carbocycles. The van der Waals surface area contributed by atoms with Crippen LogP contribution in [0.25, 0.3) is 11.1 Å². The van der Waals surface area contributed by atoms with Crippen molar-refractivity contribution in [1.82, 2.24) is 4.98 Å². The van der Waals surface area contributed by atoms with E-state index in [0.29, 0.717) is 23.5 Å². The standard InChI is InChI=1S/C14H18ClFN2O/c1-14(2,3)6-8(7-17)13-18-11-4-9(15)10(16)5-12(11)19-13/h4-5,8H,6-7,17H2,1-3H3. The van der Waals surface area contributed by atoms with E-state index in [1.165, 1.54) is 12.1 Å². The Balaban J connectivity index is 2.39. The van der Waals surface area contributed by atoms with Gasteiger partial charge >= 0.3 is 0 Å².